The molecule has 0 aliphatic rings. The molecule has 0 spiro atoms. The largest absolute Gasteiger partial charge is 0.342 e. The Bertz CT molecular complexity index is 444. The first-order valence-corrected chi connectivity index (χ1v) is 8.35. The normalized spacial score (nSPS) is 14.9. The quantitative estimate of drug-likeness (QED) is 0.423. The maximum atomic E-state index is 11.1. The lowest BCUT2D eigenvalue weighted by Gasteiger charge is -2.25. The van der Waals surface area contributed by atoms with Crippen LogP contribution < -0.4 is 0 Å². The van der Waals surface area contributed by atoms with Crippen molar-refractivity contribution in [1.82, 2.24) is 0 Å². The van der Waals surface area contributed by atoms with Crippen molar-refractivity contribution in [3.8, 4) is 0 Å². The molecule has 1 atom stereocenters. The number of hydrogen-bond donors (Lipinski definition) is 5. The highest BCUT2D eigenvalue weighted by Gasteiger charge is 2.48. The lowest BCUT2D eigenvalue weighted by molar-refractivity contribution is 0.337. The van der Waals surface area contributed by atoms with Crippen LogP contribution in [-0.4, -0.2) is 25.0 Å². The number of rotatable bonds is 4. The summed E-state index contributed by atoms with van der Waals surface area (Å²) in [6.07, 6.45) is 0. The third-order valence-corrected chi connectivity index (χ3v) is 6.96. The first-order chi connectivity index (χ1) is 7.64. The van der Waals surface area contributed by atoms with E-state index < -0.39 is 25.8 Å². The predicted octanol–water partition coefficient (Wildman–Crippen LogP) is 1.34. The van der Waals surface area contributed by atoms with Crippen molar-refractivity contribution in [2.24, 2.45) is 0 Å². The Labute approximate surface area is 103 Å². The summed E-state index contributed by atoms with van der Waals surface area (Å²) in [5, 5.41) is -3.38. The van der Waals surface area contributed by atoms with Gasteiger partial charge in [-0.15, -0.1) is 0 Å². The van der Waals surface area contributed by atoms with Crippen LogP contribution in [0.2, 0.25) is 0 Å². The van der Waals surface area contributed by atoms with Crippen LogP contribution >= 0.6 is 27.8 Å². The molecule has 0 heterocycles. The maximum Gasteiger partial charge on any atom is 0.342 e. The zero-order chi connectivity index (χ0) is 13.3. The van der Waals surface area contributed by atoms with E-state index >= 15 is 0 Å². The summed E-state index contributed by atoms with van der Waals surface area (Å²) in [5.74, 6) is 0. The van der Waals surface area contributed by atoms with Gasteiger partial charge in [-0.25, -0.2) is 0 Å². The van der Waals surface area contributed by atoms with Crippen molar-refractivity contribution in [1.29, 1.82) is 0 Å². The van der Waals surface area contributed by atoms with E-state index in [1.807, 2.05) is 0 Å². The molecule has 9 heteroatoms. The summed E-state index contributed by atoms with van der Waals surface area (Å²) >= 11 is 3.92. The molecule has 0 bridgehead atoms. The van der Waals surface area contributed by atoms with Crippen LogP contribution in [0.25, 0.3) is 0 Å². The summed E-state index contributed by atoms with van der Waals surface area (Å²) in [7, 11) is -9.92. The van der Waals surface area contributed by atoms with Gasteiger partial charge >= 0.3 is 15.2 Å². The van der Waals surface area contributed by atoms with Gasteiger partial charge in [0.05, 0.1) is 5.25 Å². The zero-order valence-corrected chi connectivity index (χ0v) is 11.2. The van der Waals surface area contributed by atoms with Gasteiger partial charge < -0.3 is 19.6 Å². The Morgan fingerprint density at radius 3 is 1.71 bits per heavy atom. The summed E-state index contributed by atoms with van der Waals surface area (Å²) in [4.78, 5) is 36.1. The van der Waals surface area contributed by atoms with Crippen molar-refractivity contribution in [3.63, 3.8) is 0 Å². The van der Waals surface area contributed by atoms with Gasteiger partial charge in [-0.1, -0.05) is 30.3 Å². The Morgan fingerprint density at radius 1 is 0.941 bits per heavy atom. The minimum atomic E-state index is -4.96. The molecule has 0 aliphatic heterocycles. The Kier molecular flexibility index (Phi) is 4.60. The molecule has 0 fully saturated rings. The predicted molar refractivity (Wildman–Crippen MR) is 66.0 cm³/mol. The molecule has 6 nitrogen and oxygen atoms in total. The molecule has 0 saturated heterocycles. The van der Waals surface area contributed by atoms with E-state index in [0.717, 1.165) is 0 Å². The van der Waals surface area contributed by atoms with Gasteiger partial charge in [0.1, 0.15) is 0 Å². The molecule has 1 aromatic rings. The van der Waals surface area contributed by atoms with Gasteiger partial charge in [-0.2, -0.15) is 12.6 Å². The van der Waals surface area contributed by atoms with E-state index in [4.69, 9.17) is 19.6 Å². The van der Waals surface area contributed by atoms with Crippen molar-refractivity contribution < 1.29 is 28.7 Å². The summed E-state index contributed by atoms with van der Waals surface area (Å²) in [6, 6.07) is 7.85. The van der Waals surface area contributed by atoms with Gasteiger partial charge in [-0.3, -0.25) is 9.13 Å². The molecule has 17 heavy (non-hydrogen) atoms. The van der Waals surface area contributed by atoms with Gasteiger partial charge in [0.2, 0.25) is 0 Å². The SMILES string of the molecule is O=P(O)(O)C(C(S)c1ccccc1)P(=O)(O)O. The van der Waals surface area contributed by atoms with Crippen LogP contribution in [0, 0.1) is 0 Å². The summed E-state index contributed by atoms with van der Waals surface area (Å²) in [5.41, 5.74) is 0.340. The monoisotopic (exact) mass is 298 g/mol. The van der Waals surface area contributed by atoms with Crippen molar-refractivity contribution in [3.05, 3.63) is 35.9 Å². The number of hydrogen-bond acceptors (Lipinski definition) is 3. The van der Waals surface area contributed by atoms with E-state index in [1.165, 1.54) is 12.1 Å². The fourth-order valence-electron chi connectivity index (χ4n) is 1.39. The topological polar surface area (TPSA) is 115 Å². The van der Waals surface area contributed by atoms with E-state index in [1.54, 1.807) is 18.2 Å². The van der Waals surface area contributed by atoms with E-state index in [0.29, 0.717) is 5.56 Å². The first-order valence-electron chi connectivity index (χ1n) is 4.47. The molecule has 0 aliphatic carbocycles. The Balaban J connectivity index is 3.18. The fourth-order valence-corrected chi connectivity index (χ4v) is 5.25. The summed E-state index contributed by atoms with van der Waals surface area (Å²) in [6.45, 7) is 0. The second-order valence-corrected chi connectivity index (χ2v) is 7.88. The van der Waals surface area contributed by atoms with E-state index in [-0.39, 0.29) is 0 Å². The number of benzene rings is 1. The molecule has 0 saturated carbocycles. The van der Waals surface area contributed by atoms with Gasteiger partial charge in [-0.05, 0) is 5.56 Å². The Hall–Kier alpha value is -0.130. The molecule has 0 aromatic heterocycles. The van der Waals surface area contributed by atoms with Crippen molar-refractivity contribution in [2.75, 3.05) is 0 Å². The van der Waals surface area contributed by atoms with Crippen LogP contribution in [0.3, 0.4) is 0 Å². The van der Waals surface area contributed by atoms with E-state index in [2.05, 4.69) is 12.6 Å². The summed E-state index contributed by atoms with van der Waals surface area (Å²) < 4.78 is 22.3. The smallest absolute Gasteiger partial charge is 0.324 e. The molecule has 96 valence electrons. The lowest BCUT2D eigenvalue weighted by Crippen LogP contribution is -2.15. The molecule has 1 unspecified atom stereocenters. The zero-order valence-electron chi connectivity index (χ0n) is 8.49. The average Bonchev–Trinajstić information content (AvgIpc) is 2.14. The van der Waals surface area contributed by atoms with Crippen molar-refractivity contribution in [2.45, 2.75) is 10.7 Å². The van der Waals surface area contributed by atoms with Crippen LogP contribution in [-0.2, 0) is 9.13 Å². The molecule has 1 aromatic carbocycles. The molecule has 4 N–H and O–H groups in total. The highest BCUT2D eigenvalue weighted by molar-refractivity contribution is 7.83. The maximum absolute atomic E-state index is 11.1. The highest BCUT2D eigenvalue weighted by Crippen LogP contribution is 2.65. The second kappa shape index (κ2) is 5.24. The minimum Gasteiger partial charge on any atom is -0.324 e. The van der Waals surface area contributed by atoms with Crippen molar-refractivity contribution >= 4 is 27.8 Å². The molecule has 1 rings (SSSR count). The molecular formula is C8H12O6P2S. The van der Waals surface area contributed by atoms with Gasteiger partial charge in [0, 0.05) is 0 Å². The highest BCUT2D eigenvalue weighted by atomic mass is 32.1. The first kappa shape index (κ1) is 14.9. The van der Waals surface area contributed by atoms with E-state index in [9.17, 15) is 9.13 Å². The number of thiol groups is 1. The van der Waals surface area contributed by atoms with Crippen LogP contribution in [0.4, 0.5) is 0 Å². The molecular weight excluding hydrogens is 286 g/mol. The average molecular weight is 298 g/mol. The van der Waals surface area contributed by atoms with Gasteiger partial charge in [0.25, 0.3) is 0 Å². The van der Waals surface area contributed by atoms with Gasteiger partial charge in [0.15, 0.2) is 5.40 Å². The fraction of sp³-hybridized carbons (Fsp3) is 0.250. The molecule has 0 amide bonds. The lowest BCUT2D eigenvalue weighted by atomic mass is 10.2. The van der Waals surface area contributed by atoms with Crippen LogP contribution in [0.5, 0.6) is 0 Å². The van der Waals surface area contributed by atoms with Crippen LogP contribution in [0.15, 0.2) is 30.3 Å². The minimum absolute atomic E-state index is 0.340. The van der Waals surface area contributed by atoms with Crippen LogP contribution in [0.1, 0.15) is 10.8 Å². The third-order valence-electron chi connectivity index (χ3n) is 2.11. The molecule has 0 radical (unpaired) electrons. The second-order valence-electron chi connectivity index (χ2n) is 3.45. The standard InChI is InChI=1S/C8H12O6P2S/c9-15(10,11)8(16(12,13)14)7(17)6-4-2-1-3-5-6/h1-5,7-8,17H,(H2,9,10,11)(H2,12,13,14). The Morgan fingerprint density at radius 2 is 1.35 bits per heavy atom. The third kappa shape index (κ3) is 3.93.